The van der Waals surface area contributed by atoms with Crippen LogP contribution in [-0.2, 0) is 4.74 Å². The molecule has 0 radical (unpaired) electrons. The second kappa shape index (κ2) is 7.61. The van der Waals surface area contributed by atoms with Crippen LogP contribution in [0.5, 0.6) is 0 Å². The van der Waals surface area contributed by atoms with Crippen molar-refractivity contribution < 1.29 is 19.1 Å². The van der Waals surface area contributed by atoms with Gasteiger partial charge in [-0.2, -0.15) is 0 Å². The van der Waals surface area contributed by atoms with E-state index < -0.39 is 18.1 Å². The second-order valence-electron chi connectivity index (χ2n) is 4.99. The number of Topliss-reactive ketones (excluding diaryl/α,β-unsaturated/α-hetero) is 1. The van der Waals surface area contributed by atoms with Gasteiger partial charge in [-0.1, -0.05) is 11.6 Å². The minimum Gasteiger partial charge on any atom is -0.451 e. The summed E-state index contributed by atoms with van der Waals surface area (Å²) in [7, 11) is 0. The van der Waals surface area contributed by atoms with Crippen molar-refractivity contribution in [3.8, 4) is 0 Å². The maximum Gasteiger partial charge on any atom is 0.338 e. The van der Waals surface area contributed by atoms with E-state index in [2.05, 4.69) is 5.32 Å². The summed E-state index contributed by atoms with van der Waals surface area (Å²) in [5.74, 6) is -0.970. The van der Waals surface area contributed by atoms with Crippen molar-refractivity contribution in [2.45, 2.75) is 13.0 Å². The average molecular weight is 347 g/mol. The first kappa shape index (κ1) is 17.5. The van der Waals surface area contributed by atoms with Crippen molar-refractivity contribution in [2.24, 2.45) is 5.73 Å². The highest BCUT2D eigenvalue weighted by Crippen LogP contribution is 2.15. The van der Waals surface area contributed by atoms with Gasteiger partial charge >= 0.3 is 12.0 Å². The van der Waals surface area contributed by atoms with Gasteiger partial charge in [-0.05, 0) is 55.5 Å². The predicted octanol–water partition coefficient (Wildman–Crippen LogP) is 3.26. The minimum atomic E-state index is -0.943. The van der Waals surface area contributed by atoms with Gasteiger partial charge < -0.3 is 15.8 Å². The summed E-state index contributed by atoms with van der Waals surface area (Å²) >= 11 is 5.77. The minimum absolute atomic E-state index is 0.251. The lowest BCUT2D eigenvalue weighted by molar-refractivity contribution is 0.0319. The molecule has 0 aromatic heterocycles. The molecule has 0 heterocycles. The molecule has 2 amide bonds. The van der Waals surface area contributed by atoms with Gasteiger partial charge in [0.1, 0.15) is 0 Å². The number of esters is 1. The van der Waals surface area contributed by atoms with E-state index in [1.54, 1.807) is 24.3 Å². The number of anilines is 1. The number of primary amides is 1. The van der Waals surface area contributed by atoms with Crippen LogP contribution in [0.25, 0.3) is 0 Å². The highest BCUT2D eigenvalue weighted by atomic mass is 35.5. The third-order valence-electron chi connectivity index (χ3n) is 3.17. The third kappa shape index (κ3) is 4.57. The van der Waals surface area contributed by atoms with E-state index in [9.17, 15) is 14.4 Å². The van der Waals surface area contributed by atoms with E-state index in [1.807, 2.05) is 0 Å². The summed E-state index contributed by atoms with van der Waals surface area (Å²) in [6.07, 6.45) is -0.943. The fourth-order valence-corrected chi connectivity index (χ4v) is 2.09. The molecule has 0 spiro atoms. The highest BCUT2D eigenvalue weighted by molar-refractivity contribution is 6.30. The molecule has 1 atom stereocenters. The first-order valence-corrected chi connectivity index (χ1v) is 7.42. The smallest absolute Gasteiger partial charge is 0.338 e. The molecule has 7 heteroatoms. The van der Waals surface area contributed by atoms with Crippen molar-refractivity contribution in [3.63, 3.8) is 0 Å². The number of halogens is 1. The zero-order valence-electron chi connectivity index (χ0n) is 12.8. The van der Waals surface area contributed by atoms with E-state index in [4.69, 9.17) is 22.1 Å². The Labute approximate surface area is 143 Å². The Morgan fingerprint density at radius 1 is 1.00 bits per heavy atom. The Hall–Kier alpha value is -2.86. The molecular formula is C17H15ClN2O4. The van der Waals surface area contributed by atoms with E-state index in [-0.39, 0.29) is 11.3 Å². The normalized spacial score (nSPS) is 11.4. The van der Waals surface area contributed by atoms with Gasteiger partial charge in [0.2, 0.25) is 5.78 Å². The zero-order chi connectivity index (χ0) is 17.7. The lowest BCUT2D eigenvalue weighted by atomic mass is 10.1. The summed E-state index contributed by atoms with van der Waals surface area (Å²) in [5, 5.41) is 2.89. The van der Waals surface area contributed by atoms with Crippen LogP contribution in [0, 0.1) is 0 Å². The molecule has 0 saturated carbocycles. The molecule has 0 aliphatic carbocycles. The third-order valence-corrected chi connectivity index (χ3v) is 3.42. The molecule has 0 aliphatic rings. The van der Waals surface area contributed by atoms with Crippen molar-refractivity contribution in [2.75, 3.05) is 5.32 Å². The largest absolute Gasteiger partial charge is 0.451 e. The lowest BCUT2D eigenvalue weighted by Gasteiger charge is -2.12. The SMILES string of the molecule is C[C@H](OC(=O)c1ccc(NC(N)=O)cc1)C(=O)c1ccc(Cl)cc1. The number of amides is 2. The molecule has 0 bridgehead atoms. The number of ketones is 1. The maximum atomic E-state index is 12.2. The van der Waals surface area contributed by atoms with Crippen LogP contribution in [0.4, 0.5) is 10.5 Å². The summed E-state index contributed by atoms with van der Waals surface area (Å²) in [6.45, 7) is 1.50. The molecule has 0 unspecified atom stereocenters. The van der Waals surface area contributed by atoms with Crippen LogP contribution in [0.2, 0.25) is 5.02 Å². The first-order chi connectivity index (χ1) is 11.4. The van der Waals surface area contributed by atoms with Crippen LogP contribution in [0.1, 0.15) is 27.6 Å². The van der Waals surface area contributed by atoms with Crippen molar-refractivity contribution >= 4 is 35.1 Å². The van der Waals surface area contributed by atoms with Crippen LogP contribution < -0.4 is 11.1 Å². The number of nitrogens with two attached hydrogens (primary N) is 1. The molecule has 3 N–H and O–H groups in total. The Bertz CT molecular complexity index is 757. The standard InChI is InChI=1S/C17H15ClN2O4/c1-10(15(21)11-2-6-13(18)7-3-11)24-16(22)12-4-8-14(9-5-12)20-17(19)23/h2-10H,1H3,(H3,19,20,23)/t10-/m0/s1. The Kier molecular flexibility index (Phi) is 5.55. The van der Waals surface area contributed by atoms with E-state index in [0.29, 0.717) is 16.3 Å². The first-order valence-electron chi connectivity index (χ1n) is 7.04. The summed E-state index contributed by atoms with van der Waals surface area (Å²) in [5.41, 5.74) is 6.10. The average Bonchev–Trinajstić information content (AvgIpc) is 2.55. The molecule has 0 aliphatic heterocycles. The molecule has 0 fully saturated rings. The number of hydrogen-bond donors (Lipinski definition) is 2. The number of carbonyl (C=O) groups excluding carboxylic acids is 3. The molecule has 0 saturated heterocycles. The molecule has 24 heavy (non-hydrogen) atoms. The predicted molar refractivity (Wildman–Crippen MR) is 90.3 cm³/mol. The quantitative estimate of drug-likeness (QED) is 0.641. The number of benzene rings is 2. The Balaban J connectivity index is 2.01. The van der Waals surface area contributed by atoms with E-state index in [0.717, 1.165) is 0 Å². The van der Waals surface area contributed by atoms with Gasteiger partial charge in [-0.3, -0.25) is 4.79 Å². The van der Waals surface area contributed by atoms with Gasteiger partial charge in [0, 0.05) is 16.3 Å². The number of rotatable bonds is 5. The highest BCUT2D eigenvalue weighted by Gasteiger charge is 2.20. The monoisotopic (exact) mass is 346 g/mol. The van der Waals surface area contributed by atoms with Gasteiger partial charge in [0.15, 0.2) is 6.10 Å². The molecule has 124 valence electrons. The molecule has 2 aromatic carbocycles. The van der Waals surface area contributed by atoms with Crippen LogP contribution in [0.3, 0.4) is 0 Å². The van der Waals surface area contributed by atoms with Crippen molar-refractivity contribution in [1.29, 1.82) is 0 Å². The second-order valence-corrected chi connectivity index (χ2v) is 5.42. The Morgan fingerprint density at radius 2 is 1.54 bits per heavy atom. The van der Waals surface area contributed by atoms with Gasteiger partial charge in [0.25, 0.3) is 0 Å². The number of ether oxygens (including phenoxy) is 1. The topological polar surface area (TPSA) is 98.5 Å². The number of urea groups is 1. The number of nitrogens with one attached hydrogen (secondary N) is 1. The van der Waals surface area contributed by atoms with Crippen LogP contribution >= 0.6 is 11.6 Å². The molecule has 2 rings (SSSR count). The fourth-order valence-electron chi connectivity index (χ4n) is 1.96. The van der Waals surface area contributed by atoms with Gasteiger partial charge in [-0.15, -0.1) is 0 Å². The molecule has 6 nitrogen and oxygen atoms in total. The summed E-state index contributed by atoms with van der Waals surface area (Å²) in [4.78, 5) is 35.0. The van der Waals surface area contributed by atoms with Gasteiger partial charge in [-0.25, -0.2) is 9.59 Å². The summed E-state index contributed by atoms with van der Waals surface area (Å²) in [6, 6.07) is 11.6. The van der Waals surface area contributed by atoms with Crippen LogP contribution in [-0.4, -0.2) is 23.9 Å². The van der Waals surface area contributed by atoms with Crippen molar-refractivity contribution in [3.05, 3.63) is 64.7 Å². The van der Waals surface area contributed by atoms with E-state index >= 15 is 0 Å². The van der Waals surface area contributed by atoms with Crippen LogP contribution in [0.15, 0.2) is 48.5 Å². The maximum absolute atomic E-state index is 12.2. The lowest BCUT2D eigenvalue weighted by Crippen LogP contribution is -2.24. The molecule has 2 aromatic rings. The Morgan fingerprint density at radius 3 is 2.08 bits per heavy atom. The number of carbonyl (C=O) groups is 3. The van der Waals surface area contributed by atoms with Gasteiger partial charge in [0.05, 0.1) is 5.56 Å². The molecular weight excluding hydrogens is 332 g/mol. The van der Waals surface area contributed by atoms with E-state index in [1.165, 1.54) is 31.2 Å². The van der Waals surface area contributed by atoms with Crippen molar-refractivity contribution in [1.82, 2.24) is 0 Å². The number of hydrogen-bond acceptors (Lipinski definition) is 4. The summed E-state index contributed by atoms with van der Waals surface area (Å²) < 4.78 is 5.17. The zero-order valence-corrected chi connectivity index (χ0v) is 13.5. The fraction of sp³-hybridized carbons (Fsp3) is 0.118.